The Bertz CT molecular complexity index is 842. The minimum Gasteiger partial charge on any atom is -0.357 e. The molecular weight excluding hydrogens is 376 g/mol. The Hall–Kier alpha value is -1.95. The van der Waals surface area contributed by atoms with Crippen LogP contribution in [0.1, 0.15) is 29.8 Å². The molecular formula is C21H23ClN4S. The Kier molecular flexibility index (Phi) is 6.02. The highest BCUT2D eigenvalue weighted by atomic mass is 35.5. The van der Waals surface area contributed by atoms with Crippen LogP contribution < -0.4 is 5.32 Å². The van der Waals surface area contributed by atoms with Crippen molar-refractivity contribution in [3.63, 3.8) is 0 Å². The second kappa shape index (κ2) is 8.83. The monoisotopic (exact) mass is 398 g/mol. The van der Waals surface area contributed by atoms with Gasteiger partial charge in [0.05, 0.1) is 0 Å². The van der Waals surface area contributed by atoms with E-state index in [0.29, 0.717) is 6.04 Å². The molecule has 3 aromatic rings. The van der Waals surface area contributed by atoms with Crippen LogP contribution in [0.25, 0.3) is 0 Å². The van der Waals surface area contributed by atoms with Gasteiger partial charge in [0, 0.05) is 48.7 Å². The zero-order valence-electron chi connectivity index (χ0n) is 15.1. The molecule has 2 heterocycles. The van der Waals surface area contributed by atoms with Crippen molar-refractivity contribution in [1.82, 2.24) is 14.3 Å². The fourth-order valence-corrected chi connectivity index (χ4v) is 4.21. The third-order valence-corrected chi connectivity index (χ3v) is 5.84. The SMILES string of the molecule is Clc1ccc(Cc2nsc(NC3CCN(Cc4ccccc4)CC3)n2)cc1. The number of hydrogen-bond donors (Lipinski definition) is 1. The molecule has 0 saturated carbocycles. The normalized spacial score (nSPS) is 15.7. The smallest absolute Gasteiger partial charge is 0.202 e. The van der Waals surface area contributed by atoms with Gasteiger partial charge in [0.25, 0.3) is 0 Å². The molecule has 0 amide bonds. The molecule has 0 radical (unpaired) electrons. The van der Waals surface area contributed by atoms with E-state index < -0.39 is 0 Å². The van der Waals surface area contributed by atoms with Gasteiger partial charge in [-0.1, -0.05) is 54.1 Å². The van der Waals surface area contributed by atoms with E-state index in [-0.39, 0.29) is 0 Å². The number of hydrogen-bond acceptors (Lipinski definition) is 5. The van der Waals surface area contributed by atoms with Gasteiger partial charge in [-0.05, 0) is 36.1 Å². The molecule has 4 rings (SSSR count). The van der Waals surface area contributed by atoms with Crippen molar-refractivity contribution in [3.8, 4) is 0 Å². The molecule has 6 heteroatoms. The van der Waals surface area contributed by atoms with Gasteiger partial charge < -0.3 is 5.32 Å². The number of benzene rings is 2. The average Bonchev–Trinajstić information content (AvgIpc) is 3.13. The summed E-state index contributed by atoms with van der Waals surface area (Å²) in [6.45, 7) is 3.27. The number of nitrogens with zero attached hydrogens (tertiary/aromatic N) is 3. The van der Waals surface area contributed by atoms with Crippen molar-refractivity contribution in [2.24, 2.45) is 0 Å². The van der Waals surface area contributed by atoms with Gasteiger partial charge >= 0.3 is 0 Å². The summed E-state index contributed by atoms with van der Waals surface area (Å²) in [4.78, 5) is 7.19. The predicted octanol–water partition coefficient (Wildman–Crippen LogP) is 4.86. The highest BCUT2D eigenvalue weighted by Gasteiger charge is 2.20. The number of aromatic nitrogens is 2. The van der Waals surface area contributed by atoms with Crippen molar-refractivity contribution in [2.45, 2.75) is 31.8 Å². The lowest BCUT2D eigenvalue weighted by Gasteiger charge is -2.32. The Labute approximate surface area is 169 Å². The van der Waals surface area contributed by atoms with E-state index in [4.69, 9.17) is 11.6 Å². The number of piperidine rings is 1. The summed E-state index contributed by atoms with van der Waals surface area (Å²) in [5.74, 6) is 0.867. The lowest BCUT2D eigenvalue weighted by atomic mass is 10.0. The molecule has 2 aromatic carbocycles. The Morgan fingerprint density at radius 3 is 2.48 bits per heavy atom. The van der Waals surface area contributed by atoms with Crippen LogP contribution in [0.4, 0.5) is 5.13 Å². The second-order valence-corrected chi connectivity index (χ2v) is 8.19. The molecule has 4 nitrogen and oxygen atoms in total. The molecule has 1 saturated heterocycles. The van der Waals surface area contributed by atoms with Crippen LogP contribution >= 0.6 is 23.1 Å². The Morgan fingerprint density at radius 1 is 1.00 bits per heavy atom. The highest BCUT2D eigenvalue weighted by Crippen LogP contribution is 2.21. The zero-order chi connectivity index (χ0) is 18.5. The molecule has 0 bridgehead atoms. The van der Waals surface area contributed by atoms with Gasteiger partial charge in [0.2, 0.25) is 5.13 Å². The van der Waals surface area contributed by atoms with E-state index in [1.54, 1.807) is 0 Å². The van der Waals surface area contributed by atoms with Gasteiger partial charge in [0.15, 0.2) is 0 Å². The number of anilines is 1. The van der Waals surface area contributed by atoms with Crippen LogP contribution in [0.5, 0.6) is 0 Å². The van der Waals surface area contributed by atoms with E-state index in [0.717, 1.165) is 54.9 Å². The highest BCUT2D eigenvalue weighted by molar-refractivity contribution is 7.09. The molecule has 1 aliphatic rings. The topological polar surface area (TPSA) is 41.1 Å². The standard InChI is InChI=1S/C21H23ClN4S/c22-18-8-6-16(7-9-18)14-20-24-21(27-25-20)23-19-10-12-26(13-11-19)15-17-4-2-1-3-5-17/h1-9,19H,10-15H2,(H,23,24,25). The zero-order valence-corrected chi connectivity index (χ0v) is 16.7. The van der Waals surface area contributed by atoms with E-state index in [2.05, 4.69) is 49.9 Å². The Morgan fingerprint density at radius 2 is 1.74 bits per heavy atom. The van der Waals surface area contributed by atoms with Gasteiger partial charge in [-0.15, -0.1) is 0 Å². The van der Waals surface area contributed by atoms with Crippen molar-refractivity contribution in [1.29, 1.82) is 0 Å². The molecule has 1 N–H and O–H groups in total. The summed E-state index contributed by atoms with van der Waals surface area (Å²) in [6.07, 6.45) is 3.02. The summed E-state index contributed by atoms with van der Waals surface area (Å²) >= 11 is 7.40. The largest absolute Gasteiger partial charge is 0.357 e. The maximum absolute atomic E-state index is 5.94. The summed E-state index contributed by atoms with van der Waals surface area (Å²) in [5.41, 5.74) is 2.57. The molecule has 1 aromatic heterocycles. The number of rotatable bonds is 6. The van der Waals surface area contributed by atoms with Gasteiger partial charge in [0.1, 0.15) is 5.82 Å². The summed E-state index contributed by atoms with van der Waals surface area (Å²) in [5, 5.41) is 5.26. The van der Waals surface area contributed by atoms with Crippen LogP contribution in [0.2, 0.25) is 5.02 Å². The fraction of sp³-hybridized carbons (Fsp3) is 0.333. The quantitative estimate of drug-likeness (QED) is 0.643. The van der Waals surface area contributed by atoms with Gasteiger partial charge in [-0.2, -0.15) is 4.37 Å². The summed E-state index contributed by atoms with van der Waals surface area (Å²) in [7, 11) is 0. The number of halogens is 1. The van der Waals surface area contributed by atoms with E-state index in [9.17, 15) is 0 Å². The van der Waals surface area contributed by atoms with E-state index in [1.807, 2.05) is 24.3 Å². The first-order valence-electron chi connectivity index (χ1n) is 9.34. The molecule has 0 spiro atoms. The molecule has 1 aliphatic heterocycles. The van der Waals surface area contributed by atoms with Gasteiger partial charge in [-0.25, -0.2) is 4.98 Å². The van der Waals surface area contributed by atoms with Gasteiger partial charge in [-0.3, -0.25) is 4.90 Å². The molecule has 27 heavy (non-hydrogen) atoms. The predicted molar refractivity (Wildman–Crippen MR) is 113 cm³/mol. The summed E-state index contributed by atoms with van der Waals surface area (Å²) in [6, 6.07) is 19.1. The number of likely N-dealkylation sites (tertiary alicyclic amines) is 1. The van der Waals surface area contributed by atoms with Crippen molar-refractivity contribution in [3.05, 3.63) is 76.6 Å². The first kappa shape index (κ1) is 18.4. The van der Waals surface area contributed by atoms with E-state index in [1.165, 1.54) is 22.7 Å². The molecule has 0 atom stereocenters. The lowest BCUT2D eigenvalue weighted by Crippen LogP contribution is -2.38. The minimum absolute atomic E-state index is 0.480. The average molecular weight is 399 g/mol. The molecule has 140 valence electrons. The molecule has 0 unspecified atom stereocenters. The fourth-order valence-electron chi connectivity index (χ4n) is 3.42. The van der Waals surface area contributed by atoms with Crippen LogP contribution in [0, 0.1) is 0 Å². The van der Waals surface area contributed by atoms with Crippen molar-refractivity contribution >= 4 is 28.3 Å². The van der Waals surface area contributed by atoms with Crippen LogP contribution in [-0.4, -0.2) is 33.4 Å². The van der Waals surface area contributed by atoms with Crippen LogP contribution in [0.15, 0.2) is 54.6 Å². The van der Waals surface area contributed by atoms with Crippen LogP contribution in [-0.2, 0) is 13.0 Å². The maximum atomic E-state index is 5.94. The maximum Gasteiger partial charge on any atom is 0.202 e. The van der Waals surface area contributed by atoms with Crippen molar-refractivity contribution < 1.29 is 0 Å². The first-order chi connectivity index (χ1) is 13.2. The summed E-state index contributed by atoms with van der Waals surface area (Å²) < 4.78 is 4.49. The lowest BCUT2D eigenvalue weighted by molar-refractivity contribution is 0.211. The third-order valence-electron chi connectivity index (χ3n) is 4.91. The first-order valence-corrected chi connectivity index (χ1v) is 10.5. The minimum atomic E-state index is 0.480. The molecule has 0 aliphatic carbocycles. The number of nitrogens with one attached hydrogen (secondary N) is 1. The van der Waals surface area contributed by atoms with E-state index >= 15 is 0 Å². The second-order valence-electron chi connectivity index (χ2n) is 7.00. The van der Waals surface area contributed by atoms with Crippen molar-refractivity contribution in [2.75, 3.05) is 18.4 Å². The third kappa shape index (κ3) is 5.28. The Balaban J connectivity index is 1.26. The molecule has 1 fully saturated rings. The van der Waals surface area contributed by atoms with Crippen LogP contribution in [0.3, 0.4) is 0 Å².